The van der Waals surface area contributed by atoms with Crippen LogP contribution < -0.4 is 0 Å². The second-order valence-corrected chi connectivity index (χ2v) is 3.00. The number of rotatable bonds is 2. The molecule has 1 rings (SSSR count). The first kappa shape index (κ1) is 12.8. The van der Waals surface area contributed by atoms with Crippen LogP contribution >= 0.6 is 0 Å². The Bertz CT molecular complexity index is 223. The molecule has 0 saturated carbocycles. The van der Waals surface area contributed by atoms with Crippen LogP contribution in [0.25, 0.3) is 0 Å². The van der Waals surface area contributed by atoms with Gasteiger partial charge >= 0.3 is 5.97 Å². The number of likely N-dealkylation sites (N-methyl/N-ethyl adjacent to an activating group) is 1. The van der Waals surface area contributed by atoms with Gasteiger partial charge in [0.2, 0.25) is 0 Å². The number of aliphatic carboxylic acids is 1. The van der Waals surface area contributed by atoms with E-state index in [2.05, 4.69) is 11.8 Å². The minimum atomic E-state index is -0.891. The van der Waals surface area contributed by atoms with Gasteiger partial charge in [-0.3, -0.25) is 9.69 Å². The average Bonchev–Trinajstić information content (AvgIpc) is 2.52. The quantitative estimate of drug-likeness (QED) is 0.672. The van der Waals surface area contributed by atoms with Crippen LogP contribution in [0, 0.1) is 0 Å². The van der Waals surface area contributed by atoms with Crippen molar-refractivity contribution in [3.8, 4) is 0 Å². The molecule has 1 fully saturated rings. The summed E-state index contributed by atoms with van der Waals surface area (Å²) in [5.41, 5.74) is 0. The van der Waals surface area contributed by atoms with Gasteiger partial charge in [-0.05, 0) is 13.5 Å². The standard InChI is InChI=1S/C6H11NO.C4H6O2/c1-2-7-4-3-6(8)5-7;1-2-3-4(5)6/h2-5H2,1H3;2-3H,1H3,(H,5,6)/b;3-2+. The molecule has 80 valence electrons. The van der Waals surface area contributed by atoms with Crippen LogP contribution in [0.2, 0.25) is 0 Å². The van der Waals surface area contributed by atoms with Gasteiger partial charge in [-0.2, -0.15) is 0 Å². The van der Waals surface area contributed by atoms with E-state index in [4.69, 9.17) is 5.11 Å². The number of nitrogens with zero attached hydrogens (tertiary/aromatic N) is 1. The van der Waals surface area contributed by atoms with Crippen molar-refractivity contribution in [2.24, 2.45) is 0 Å². The van der Waals surface area contributed by atoms with Crippen molar-refractivity contribution in [3.05, 3.63) is 12.2 Å². The Labute approximate surface area is 84.2 Å². The Hall–Kier alpha value is -1.16. The normalized spacial score (nSPS) is 16.9. The number of carboxylic acid groups (broad SMARTS) is 1. The number of carbonyl (C=O) groups excluding carboxylic acids is 1. The molecule has 4 heteroatoms. The van der Waals surface area contributed by atoms with E-state index in [1.807, 2.05) is 0 Å². The van der Waals surface area contributed by atoms with E-state index in [9.17, 15) is 9.59 Å². The van der Waals surface area contributed by atoms with Crippen molar-refractivity contribution in [2.75, 3.05) is 19.6 Å². The zero-order valence-corrected chi connectivity index (χ0v) is 8.69. The van der Waals surface area contributed by atoms with Gasteiger partial charge in [-0.1, -0.05) is 13.0 Å². The summed E-state index contributed by atoms with van der Waals surface area (Å²) in [6, 6.07) is 0. The Morgan fingerprint density at radius 1 is 1.64 bits per heavy atom. The van der Waals surface area contributed by atoms with E-state index in [1.54, 1.807) is 6.92 Å². The highest BCUT2D eigenvalue weighted by molar-refractivity contribution is 5.82. The number of hydrogen-bond acceptors (Lipinski definition) is 3. The van der Waals surface area contributed by atoms with Crippen molar-refractivity contribution >= 4 is 11.8 Å². The maximum Gasteiger partial charge on any atom is 0.327 e. The minimum absolute atomic E-state index is 0.395. The first-order valence-electron chi connectivity index (χ1n) is 4.69. The third-order valence-electron chi connectivity index (χ3n) is 1.86. The first-order valence-corrected chi connectivity index (χ1v) is 4.69. The molecular weight excluding hydrogens is 182 g/mol. The molecule has 0 aliphatic carbocycles. The van der Waals surface area contributed by atoms with Gasteiger partial charge in [0.25, 0.3) is 0 Å². The molecule has 0 atom stereocenters. The Morgan fingerprint density at radius 3 is 2.43 bits per heavy atom. The van der Waals surface area contributed by atoms with Gasteiger partial charge < -0.3 is 5.11 Å². The van der Waals surface area contributed by atoms with E-state index in [0.717, 1.165) is 25.6 Å². The predicted octanol–water partition coefficient (Wildman–Crippen LogP) is 0.928. The summed E-state index contributed by atoms with van der Waals surface area (Å²) in [4.78, 5) is 22.2. The lowest BCUT2D eigenvalue weighted by atomic mass is 10.4. The smallest absolute Gasteiger partial charge is 0.327 e. The fraction of sp³-hybridized carbons (Fsp3) is 0.600. The summed E-state index contributed by atoms with van der Waals surface area (Å²) >= 11 is 0. The highest BCUT2D eigenvalue weighted by Crippen LogP contribution is 2.01. The largest absolute Gasteiger partial charge is 0.478 e. The van der Waals surface area contributed by atoms with Crippen LogP contribution in [0.1, 0.15) is 20.3 Å². The van der Waals surface area contributed by atoms with Gasteiger partial charge in [-0.15, -0.1) is 0 Å². The fourth-order valence-corrected chi connectivity index (χ4v) is 1.10. The number of carboxylic acids is 1. The van der Waals surface area contributed by atoms with Crippen molar-refractivity contribution < 1.29 is 14.7 Å². The zero-order chi connectivity index (χ0) is 11.0. The molecule has 1 N–H and O–H groups in total. The highest BCUT2D eigenvalue weighted by Gasteiger charge is 2.16. The summed E-state index contributed by atoms with van der Waals surface area (Å²) in [5.74, 6) is -0.496. The molecular formula is C10H17NO3. The lowest BCUT2D eigenvalue weighted by molar-refractivity contribution is -0.131. The summed E-state index contributed by atoms with van der Waals surface area (Å²) < 4.78 is 0. The second-order valence-electron chi connectivity index (χ2n) is 3.00. The molecule has 1 heterocycles. The Morgan fingerprint density at radius 2 is 2.29 bits per heavy atom. The van der Waals surface area contributed by atoms with Crippen LogP contribution in [-0.2, 0) is 9.59 Å². The predicted molar refractivity (Wildman–Crippen MR) is 54.2 cm³/mol. The van der Waals surface area contributed by atoms with Crippen molar-refractivity contribution in [1.29, 1.82) is 0 Å². The zero-order valence-electron chi connectivity index (χ0n) is 8.69. The molecule has 0 spiro atoms. The maximum absolute atomic E-state index is 10.6. The van der Waals surface area contributed by atoms with Crippen LogP contribution in [0.15, 0.2) is 12.2 Å². The molecule has 1 aliphatic heterocycles. The summed E-state index contributed by atoms with van der Waals surface area (Å²) in [7, 11) is 0. The molecule has 0 radical (unpaired) electrons. The molecule has 14 heavy (non-hydrogen) atoms. The van der Waals surface area contributed by atoms with Gasteiger partial charge in [0.15, 0.2) is 0 Å². The third-order valence-corrected chi connectivity index (χ3v) is 1.86. The van der Waals surface area contributed by atoms with E-state index in [1.165, 1.54) is 6.08 Å². The molecule has 0 amide bonds. The topological polar surface area (TPSA) is 57.6 Å². The van der Waals surface area contributed by atoms with E-state index in [0.29, 0.717) is 12.3 Å². The van der Waals surface area contributed by atoms with Crippen molar-refractivity contribution in [2.45, 2.75) is 20.3 Å². The van der Waals surface area contributed by atoms with E-state index < -0.39 is 5.97 Å². The number of carbonyl (C=O) groups is 2. The van der Waals surface area contributed by atoms with E-state index in [-0.39, 0.29) is 0 Å². The number of likely N-dealkylation sites (tertiary alicyclic amines) is 1. The molecule has 1 aliphatic rings. The number of allylic oxidation sites excluding steroid dienone is 1. The lowest BCUT2D eigenvalue weighted by Crippen LogP contribution is -2.19. The Balaban J connectivity index is 0.000000255. The van der Waals surface area contributed by atoms with Crippen molar-refractivity contribution in [1.82, 2.24) is 4.90 Å². The number of Topliss-reactive ketones (excluding diaryl/α,β-unsaturated/α-hetero) is 1. The molecule has 4 nitrogen and oxygen atoms in total. The highest BCUT2D eigenvalue weighted by atomic mass is 16.4. The van der Waals surface area contributed by atoms with Crippen LogP contribution in [-0.4, -0.2) is 41.4 Å². The SMILES string of the molecule is C/C=C/C(=O)O.CCN1CCC(=O)C1. The maximum atomic E-state index is 10.6. The van der Waals surface area contributed by atoms with Gasteiger partial charge in [-0.25, -0.2) is 4.79 Å². The molecule has 0 unspecified atom stereocenters. The molecule has 0 aromatic rings. The molecule has 0 aromatic heterocycles. The second kappa shape index (κ2) is 7.26. The minimum Gasteiger partial charge on any atom is -0.478 e. The monoisotopic (exact) mass is 199 g/mol. The summed E-state index contributed by atoms with van der Waals surface area (Å²) in [6.07, 6.45) is 3.33. The van der Waals surface area contributed by atoms with Gasteiger partial charge in [0.05, 0.1) is 6.54 Å². The third kappa shape index (κ3) is 6.37. The molecule has 0 bridgehead atoms. The summed E-state index contributed by atoms with van der Waals surface area (Å²) in [6.45, 7) is 6.43. The van der Waals surface area contributed by atoms with Crippen LogP contribution in [0.5, 0.6) is 0 Å². The number of ketones is 1. The number of hydrogen-bond donors (Lipinski definition) is 1. The fourth-order valence-electron chi connectivity index (χ4n) is 1.10. The summed E-state index contributed by atoms with van der Waals surface area (Å²) in [5, 5.41) is 7.83. The average molecular weight is 199 g/mol. The molecule has 1 saturated heterocycles. The lowest BCUT2D eigenvalue weighted by Gasteiger charge is -2.07. The van der Waals surface area contributed by atoms with Crippen LogP contribution in [0.3, 0.4) is 0 Å². The Kier molecular flexibility index (Phi) is 6.66. The first-order chi connectivity index (χ1) is 6.60. The van der Waals surface area contributed by atoms with Gasteiger partial charge in [0, 0.05) is 19.0 Å². The van der Waals surface area contributed by atoms with Crippen molar-refractivity contribution in [3.63, 3.8) is 0 Å². The van der Waals surface area contributed by atoms with Crippen LogP contribution in [0.4, 0.5) is 0 Å². The van der Waals surface area contributed by atoms with Gasteiger partial charge in [0.1, 0.15) is 5.78 Å². The van der Waals surface area contributed by atoms with E-state index >= 15 is 0 Å². The molecule has 0 aromatic carbocycles.